The summed E-state index contributed by atoms with van der Waals surface area (Å²) in [4.78, 5) is 0. The third-order valence-corrected chi connectivity index (χ3v) is 1.09. The summed E-state index contributed by atoms with van der Waals surface area (Å²) >= 11 is 0. The van der Waals surface area contributed by atoms with Gasteiger partial charge in [0.15, 0.2) is 0 Å². The van der Waals surface area contributed by atoms with Crippen LogP contribution in [0, 0.1) is 12.5 Å². The molecule has 1 aliphatic rings. The molecule has 1 radical (unpaired) electrons. The fourth-order valence-corrected chi connectivity index (χ4v) is 0.605. The summed E-state index contributed by atoms with van der Waals surface area (Å²) in [5.41, 5.74) is 0. The van der Waals surface area contributed by atoms with E-state index in [4.69, 9.17) is 4.74 Å². The third kappa shape index (κ3) is 1.13. The molecule has 0 spiro atoms. The summed E-state index contributed by atoms with van der Waals surface area (Å²) in [6.07, 6.45) is 0.858. The first-order chi connectivity index (χ1) is 3.43. The lowest BCUT2D eigenvalue weighted by Gasteiger charge is -1.93. The minimum absolute atomic E-state index is 0.0833. The van der Waals surface area contributed by atoms with Gasteiger partial charge in [-0.3, -0.25) is 4.39 Å². The zero-order valence-corrected chi connectivity index (χ0v) is 4.06. The standard InChI is InChI=1S/C5H8FO/c6-3-5-1-2-7-4-5/h4-5H,1-3H2. The zero-order chi connectivity index (χ0) is 5.11. The lowest BCUT2D eigenvalue weighted by Crippen LogP contribution is -1.94. The maximum absolute atomic E-state index is 11.6. The van der Waals surface area contributed by atoms with Crippen molar-refractivity contribution in [2.24, 2.45) is 5.92 Å². The first-order valence-corrected chi connectivity index (χ1v) is 2.44. The smallest absolute Gasteiger partial charge is 0.0949 e. The molecule has 0 N–H and O–H groups in total. The Morgan fingerprint density at radius 3 is 3.00 bits per heavy atom. The van der Waals surface area contributed by atoms with Gasteiger partial charge in [-0.05, 0) is 6.42 Å². The van der Waals surface area contributed by atoms with E-state index in [2.05, 4.69) is 0 Å². The van der Waals surface area contributed by atoms with Gasteiger partial charge < -0.3 is 4.74 Å². The second kappa shape index (κ2) is 2.26. The Kier molecular flexibility index (Phi) is 1.63. The van der Waals surface area contributed by atoms with E-state index in [1.165, 1.54) is 0 Å². The van der Waals surface area contributed by atoms with Gasteiger partial charge in [0, 0.05) is 12.5 Å². The van der Waals surface area contributed by atoms with Crippen LogP contribution in [0.25, 0.3) is 0 Å². The Hall–Kier alpha value is -0.110. The van der Waals surface area contributed by atoms with Crippen LogP contribution in [-0.4, -0.2) is 13.3 Å². The van der Waals surface area contributed by atoms with Crippen LogP contribution < -0.4 is 0 Å². The highest BCUT2D eigenvalue weighted by atomic mass is 19.1. The minimum Gasteiger partial charge on any atom is -0.375 e. The number of hydrogen-bond acceptors (Lipinski definition) is 1. The van der Waals surface area contributed by atoms with Gasteiger partial charge in [-0.2, -0.15) is 0 Å². The van der Waals surface area contributed by atoms with Crippen molar-refractivity contribution in [2.75, 3.05) is 13.3 Å². The van der Waals surface area contributed by atoms with E-state index >= 15 is 0 Å². The molecule has 0 aromatic heterocycles. The highest BCUT2D eigenvalue weighted by molar-refractivity contribution is 4.72. The molecule has 1 heterocycles. The molecule has 1 aliphatic heterocycles. The predicted octanol–water partition coefficient (Wildman–Crippen LogP) is 1.15. The molecule has 0 aliphatic carbocycles. The van der Waals surface area contributed by atoms with Crippen molar-refractivity contribution in [3.05, 3.63) is 6.61 Å². The van der Waals surface area contributed by atoms with Gasteiger partial charge in [0.25, 0.3) is 0 Å². The van der Waals surface area contributed by atoms with Crippen molar-refractivity contribution in [1.29, 1.82) is 0 Å². The number of alkyl halides is 1. The predicted molar refractivity (Wildman–Crippen MR) is 24.3 cm³/mol. The molecule has 7 heavy (non-hydrogen) atoms. The van der Waals surface area contributed by atoms with Gasteiger partial charge in [-0.15, -0.1) is 0 Å². The molecule has 0 aromatic rings. The largest absolute Gasteiger partial charge is 0.375 e. The lowest BCUT2D eigenvalue weighted by atomic mass is 10.1. The van der Waals surface area contributed by atoms with E-state index in [0.29, 0.717) is 6.61 Å². The molecule has 0 bridgehead atoms. The average Bonchev–Trinajstić information content (AvgIpc) is 2.14. The van der Waals surface area contributed by atoms with E-state index in [-0.39, 0.29) is 12.6 Å². The summed E-state index contributed by atoms with van der Waals surface area (Å²) in [7, 11) is 0. The van der Waals surface area contributed by atoms with Crippen molar-refractivity contribution < 1.29 is 9.13 Å². The normalized spacial score (nSPS) is 31.3. The van der Waals surface area contributed by atoms with Crippen LogP contribution in [0.5, 0.6) is 0 Å². The van der Waals surface area contributed by atoms with E-state index in [9.17, 15) is 4.39 Å². The number of ether oxygens (including phenoxy) is 1. The summed E-state index contributed by atoms with van der Waals surface area (Å²) in [5, 5.41) is 0. The maximum atomic E-state index is 11.6. The van der Waals surface area contributed by atoms with Crippen LogP contribution in [0.3, 0.4) is 0 Å². The summed E-state index contributed by atoms with van der Waals surface area (Å²) in [5.74, 6) is 0.0833. The van der Waals surface area contributed by atoms with E-state index < -0.39 is 0 Å². The molecule has 1 rings (SSSR count). The van der Waals surface area contributed by atoms with E-state index in [0.717, 1.165) is 6.42 Å². The molecule has 1 atom stereocenters. The molecule has 1 unspecified atom stereocenters. The number of halogens is 1. The SMILES string of the molecule is FCC1[CH]OCC1. The van der Waals surface area contributed by atoms with Gasteiger partial charge in [-0.1, -0.05) is 0 Å². The Labute approximate surface area is 42.5 Å². The number of hydrogen-bond donors (Lipinski definition) is 0. The van der Waals surface area contributed by atoms with Crippen molar-refractivity contribution in [3.63, 3.8) is 0 Å². The molecular weight excluding hydrogens is 95.1 g/mol. The van der Waals surface area contributed by atoms with Crippen LogP contribution in [0.15, 0.2) is 0 Å². The van der Waals surface area contributed by atoms with Gasteiger partial charge in [0.1, 0.15) is 0 Å². The van der Waals surface area contributed by atoms with Gasteiger partial charge >= 0.3 is 0 Å². The Morgan fingerprint density at radius 2 is 2.71 bits per heavy atom. The molecule has 0 aromatic carbocycles. The Balaban J connectivity index is 2.14. The minimum atomic E-state index is -0.264. The fraction of sp³-hybridized carbons (Fsp3) is 0.800. The molecule has 0 saturated carbocycles. The van der Waals surface area contributed by atoms with E-state index in [1.54, 1.807) is 6.61 Å². The van der Waals surface area contributed by atoms with E-state index in [1.807, 2.05) is 0 Å². The monoisotopic (exact) mass is 103 g/mol. The lowest BCUT2D eigenvalue weighted by molar-refractivity contribution is 0.244. The van der Waals surface area contributed by atoms with Crippen LogP contribution in [0.1, 0.15) is 6.42 Å². The second-order valence-corrected chi connectivity index (χ2v) is 1.71. The first-order valence-electron chi connectivity index (χ1n) is 2.44. The van der Waals surface area contributed by atoms with Crippen molar-refractivity contribution in [2.45, 2.75) is 6.42 Å². The fourth-order valence-electron chi connectivity index (χ4n) is 0.605. The van der Waals surface area contributed by atoms with Crippen LogP contribution in [0.2, 0.25) is 0 Å². The van der Waals surface area contributed by atoms with Crippen molar-refractivity contribution >= 4 is 0 Å². The highest BCUT2D eigenvalue weighted by Crippen LogP contribution is 2.15. The molecular formula is C5H8FO. The Morgan fingerprint density at radius 1 is 1.86 bits per heavy atom. The van der Waals surface area contributed by atoms with Gasteiger partial charge in [0.05, 0.1) is 13.3 Å². The summed E-state index contributed by atoms with van der Waals surface area (Å²) < 4.78 is 16.4. The summed E-state index contributed by atoms with van der Waals surface area (Å²) in [6.45, 7) is 2.02. The summed E-state index contributed by atoms with van der Waals surface area (Å²) in [6, 6.07) is 0. The topological polar surface area (TPSA) is 9.23 Å². The molecule has 1 nitrogen and oxygen atoms in total. The van der Waals surface area contributed by atoms with Crippen LogP contribution >= 0.6 is 0 Å². The number of rotatable bonds is 1. The molecule has 0 amide bonds. The average molecular weight is 103 g/mol. The third-order valence-electron chi connectivity index (χ3n) is 1.09. The van der Waals surface area contributed by atoms with Gasteiger partial charge in [0.2, 0.25) is 0 Å². The molecule has 1 saturated heterocycles. The quantitative estimate of drug-likeness (QED) is 0.483. The van der Waals surface area contributed by atoms with Gasteiger partial charge in [-0.25, -0.2) is 0 Å². The molecule has 41 valence electrons. The molecule has 2 heteroatoms. The van der Waals surface area contributed by atoms with Crippen molar-refractivity contribution in [3.8, 4) is 0 Å². The first kappa shape index (κ1) is 5.04. The second-order valence-electron chi connectivity index (χ2n) is 1.71. The zero-order valence-electron chi connectivity index (χ0n) is 4.06. The highest BCUT2D eigenvalue weighted by Gasteiger charge is 2.14. The van der Waals surface area contributed by atoms with Crippen molar-refractivity contribution in [1.82, 2.24) is 0 Å². The maximum Gasteiger partial charge on any atom is 0.0949 e. The Bertz CT molecular complexity index is 50.0. The van der Waals surface area contributed by atoms with Crippen LogP contribution in [-0.2, 0) is 4.74 Å². The molecule has 1 fully saturated rings. The van der Waals surface area contributed by atoms with Crippen LogP contribution in [0.4, 0.5) is 4.39 Å².